The Morgan fingerprint density at radius 2 is 1.71 bits per heavy atom. The number of benzene rings is 1. The van der Waals surface area contributed by atoms with E-state index in [2.05, 4.69) is 20.7 Å². The topological polar surface area (TPSA) is 88.9 Å². The van der Waals surface area contributed by atoms with E-state index in [4.69, 9.17) is 0 Å². The van der Waals surface area contributed by atoms with Crippen molar-refractivity contribution in [3.63, 3.8) is 0 Å². The molecule has 0 unspecified atom stereocenters. The predicted molar refractivity (Wildman–Crippen MR) is 89.3 cm³/mol. The van der Waals surface area contributed by atoms with Crippen LogP contribution in [-0.4, -0.2) is 26.6 Å². The second-order valence-electron chi connectivity index (χ2n) is 5.01. The number of carbonyl (C=O) groups excluding carboxylic acids is 2. The average Bonchev–Trinajstić information content (AvgIpc) is 3.03. The SMILES string of the molecule is O=C(Nc1cccnc1)C(=O)Nc1ccnn1Cc1ccccc1. The smallest absolute Gasteiger partial charge is 0.315 e. The Balaban J connectivity index is 1.65. The summed E-state index contributed by atoms with van der Waals surface area (Å²) in [6, 6.07) is 14.7. The molecule has 0 saturated carbocycles. The highest BCUT2D eigenvalue weighted by Gasteiger charge is 2.16. The Morgan fingerprint density at radius 3 is 2.46 bits per heavy atom. The zero-order valence-electron chi connectivity index (χ0n) is 12.7. The Morgan fingerprint density at radius 1 is 0.917 bits per heavy atom. The molecule has 0 radical (unpaired) electrons. The molecule has 0 spiro atoms. The fourth-order valence-corrected chi connectivity index (χ4v) is 2.12. The van der Waals surface area contributed by atoms with Crippen LogP contribution in [-0.2, 0) is 16.1 Å². The molecule has 2 heterocycles. The van der Waals surface area contributed by atoms with Gasteiger partial charge in [-0.3, -0.25) is 14.6 Å². The molecule has 0 bridgehead atoms. The van der Waals surface area contributed by atoms with E-state index in [1.165, 1.54) is 6.20 Å². The first-order valence-corrected chi connectivity index (χ1v) is 7.30. The Bertz CT molecular complexity index is 830. The maximum atomic E-state index is 12.0. The van der Waals surface area contributed by atoms with Gasteiger partial charge < -0.3 is 10.6 Å². The van der Waals surface area contributed by atoms with Crippen molar-refractivity contribution in [2.45, 2.75) is 6.54 Å². The summed E-state index contributed by atoms with van der Waals surface area (Å²) in [5.41, 5.74) is 1.49. The highest BCUT2D eigenvalue weighted by molar-refractivity contribution is 6.43. The number of aromatic nitrogens is 3. The van der Waals surface area contributed by atoms with E-state index in [-0.39, 0.29) is 0 Å². The third kappa shape index (κ3) is 3.83. The molecule has 2 amide bonds. The van der Waals surface area contributed by atoms with Crippen LogP contribution in [0.1, 0.15) is 5.56 Å². The van der Waals surface area contributed by atoms with Crippen LogP contribution in [0.3, 0.4) is 0 Å². The van der Waals surface area contributed by atoms with Gasteiger partial charge in [0.25, 0.3) is 0 Å². The van der Waals surface area contributed by atoms with Crippen molar-refractivity contribution in [1.82, 2.24) is 14.8 Å². The number of nitrogens with one attached hydrogen (secondary N) is 2. The predicted octanol–water partition coefficient (Wildman–Crippen LogP) is 1.90. The minimum absolute atomic E-state index is 0.449. The number of hydrogen-bond acceptors (Lipinski definition) is 4. The summed E-state index contributed by atoms with van der Waals surface area (Å²) in [4.78, 5) is 27.8. The summed E-state index contributed by atoms with van der Waals surface area (Å²) in [6.07, 6.45) is 4.61. The monoisotopic (exact) mass is 321 g/mol. The second-order valence-corrected chi connectivity index (χ2v) is 5.01. The Kier molecular flexibility index (Phi) is 4.62. The van der Waals surface area contributed by atoms with Crippen molar-refractivity contribution in [3.8, 4) is 0 Å². The van der Waals surface area contributed by atoms with Crippen molar-refractivity contribution >= 4 is 23.3 Å². The number of pyridine rings is 1. The van der Waals surface area contributed by atoms with Gasteiger partial charge in [-0.15, -0.1) is 0 Å². The van der Waals surface area contributed by atoms with Gasteiger partial charge in [-0.2, -0.15) is 5.10 Å². The van der Waals surface area contributed by atoms with Gasteiger partial charge in [0.05, 0.1) is 24.6 Å². The number of hydrogen-bond donors (Lipinski definition) is 2. The molecule has 24 heavy (non-hydrogen) atoms. The van der Waals surface area contributed by atoms with E-state index in [1.807, 2.05) is 30.3 Å². The van der Waals surface area contributed by atoms with Crippen LogP contribution in [0.4, 0.5) is 11.5 Å². The quantitative estimate of drug-likeness (QED) is 0.718. The summed E-state index contributed by atoms with van der Waals surface area (Å²) in [6.45, 7) is 0.494. The molecular weight excluding hydrogens is 306 g/mol. The van der Waals surface area contributed by atoms with Crippen LogP contribution in [0.2, 0.25) is 0 Å². The molecule has 3 rings (SSSR count). The molecule has 0 saturated heterocycles. The first-order valence-electron chi connectivity index (χ1n) is 7.30. The molecule has 0 aliphatic heterocycles. The summed E-state index contributed by atoms with van der Waals surface area (Å²) in [5.74, 6) is -1.09. The normalized spacial score (nSPS) is 10.2. The Hall–Kier alpha value is -3.48. The summed E-state index contributed by atoms with van der Waals surface area (Å²) < 4.78 is 1.62. The molecule has 0 fully saturated rings. The molecule has 120 valence electrons. The van der Waals surface area contributed by atoms with Gasteiger partial charge in [-0.05, 0) is 17.7 Å². The van der Waals surface area contributed by atoms with Gasteiger partial charge in [0.15, 0.2) is 0 Å². The number of rotatable bonds is 4. The molecule has 0 atom stereocenters. The lowest BCUT2D eigenvalue weighted by molar-refractivity contribution is -0.133. The molecule has 0 aliphatic carbocycles. The second kappa shape index (κ2) is 7.19. The van der Waals surface area contributed by atoms with Crippen LogP contribution < -0.4 is 10.6 Å². The molecule has 0 aliphatic rings. The highest BCUT2D eigenvalue weighted by atomic mass is 16.2. The molecular formula is C17H15N5O2. The van der Waals surface area contributed by atoms with Crippen LogP contribution >= 0.6 is 0 Å². The zero-order chi connectivity index (χ0) is 16.8. The van der Waals surface area contributed by atoms with Gasteiger partial charge >= 0.3 is 11.8 Å². The lowest BCUT2D eigenvalue weighted by Gasteiger charge is -2.09. The Labute approximate surface area is 138 Å². The largest absolute Gasteiger partial charge is 0.316 e. The zero-order valence-corrected chi connectivity index (χ0v) is 12.7. The third-order valence-electron chi connectivity index (χ3n) is 3.26. The van der Waals surface area contributed by atoms with E-state index >= 15 is 0 Å². The van der Waals surface area contributed by atoms with Gasteiger partial charge in [0.2, 0.25) is 0 Å². The highest BCUT2D eigenvalue weighted by Crippen LogP contribution is 2.10. The van der Waals surface area contributed by atoms with E-state index in [0.29, 0.717) is 18.1 Å². The van der Waals surface area contributed by atoms with Gasteiger partial charge in [-0.1, -0.05) is 30.3 Å². The fourth-order valence-electron chi connectivity index (χ4n) is 2.12. The van der Waals surface area contributed by atoms with Crippen molar-refractivity contribution in [3.05, 3.63) is 72.7 Å². The van der Waals surface area contributed by atoms with Crippen molar-refractivity contribution in [2.24, 2.45) is 0 Å². The molecule has 2 N–H and O–H groups in total. The minimum Gasteiger partial charge on any atom is -0.316 e. The van der Waals surface area contributed by atoms with Crippen molar-refractivity contribution in [2.75, 3.05) is 10.6 Å². The third-order valence-corrected chi connectivity index (χ3v) is 3.26. The molecule has 2 aromatic heterocycles. The van der Waals surface area contributed by atoms with E-state index in [1.54, 1.807) is 35.3 Å². The summed E-state index contributed by atoms with van der Waals surface area (Å²) in [7, 11) is 0. The van der Waals surface area contributed by atoms with E-state index in [9.17, 15) is 9.59 Å². The molecule has 7 heteroatoms. The number of amides is 2. The average molecular weight is 321 g/mol. The fraction of sp³-hybridized carbons (Fsp3) is 0.0588. The van der Waals surface area contributed by atoms with Crippen LogP contribution in [0.25, 0.3) is 0 Å². The maximum Gasteiger partial charge on any atom is 0.315 e. The van der Waals surface area contributed by atoms with Crippen LogP contribution in [0, 0.1) is 0 Å². The summed E-state index contributed by atoms with van der Waals surface area (Å²) in [5, 5.41) is 9.21. The first-order chi connectivity index (χ1) is 11.7. The van der Waals surface area contributed by atoms with Gasteiger partial charge in [0.1, 0.15) is 5.82 Å². The number of anilines is 2. The molecule has 7 nitrogen and oxygen atoms in total. The first kappa shape index (κ1) is 15.4. The van der Waals surface area contributed by atoms with E-state index in [0.717, 1.165) is 5.56 Å². The van der Waals surface area contributed by atoms with E-state index < -0.39 is 11.8 Å². The summed E-state index contributed by atoms with van der Waals surface area (Å²) >= 11 is 0. The maximum absolute atomic E-state index is 12.0. The van der Waals surface area contributed by atoms with Gasteiger partial charge in [0, 0.05) is 12.3 Å². The van der Waals surface area contributed by atoms with Crippen molar-refractivity contribution < 1.29 is 9.59 Å². The van der Waals surface area contributed by atoms with Gasteiger partial charge in [-0.25, -0.2) is 4.68 Å². The number of nitrogens with zero attached hydrogens (tertiary/aromatic N) is 3. The lowest BCUT2D eigenvalue weighted by atomic mass is 10.2. The molecule has 1 aromatic carbocycles. The van der Waals surface area contributed by atoms with Crippen molar-refractivity contribution in [1.29, 1.82) is 0 Å². The standard InChI is InChI=1S/C17H15N5O2/c23-16(20-14-7-4-9-18-11-14)17(24)21-15-8-10-19-22(15)12-13-5-2-1-3-6-13/h1-11H,12H2,(H,20,23)(H,21,24). The molecule has 3 aromatic rings. The lowest BCUT2D eigenvalue weighted by Crippen LogP contribution is -2.30. The van der Waals surface area contributed by atoms with Crippen LogP contribution in [0.15, 0.2) is 67.1 Å². The van der Waals surface area contributed by atoms with Crippen LogP contribution in [0.5, 0.6) is 0 Å². The minimum atomic E-state index is -0.770. The number of carbonyl (C=O) groups is 2.